The van der Waals surface area contributed by atoms with E-state index in [4.69, 9.17) is 9.47 Å². The summed E-state index contributed by atoms with van der Waals surface area (Å²) in [5.74, 6) is 0. The molecule has 0 saturated heterocycles. The van der Waals surface area contributed by atoms with Crippen molar-refractivity contribution in [2.75, 3.05) is 40.4 Å². The van der Waals surface area contributed by atoms with Crippen LogP contribution in [0.2, 0.25) is 0 Å². The molecule has 0 saturated carbocycles. The van der Waals surface area contributed by atoms with Crippen molar-refractivity contribution in [3.05, 3.63) is 0 Å². The van der Waals surface area contributed by atoms with Gasteiger partial charge in [0.05, 0.1) is 12.2 Å². The molecule has 0 aromatic carbocycles. The highest BCUT2D eigenvalue weighted by molar-refractivity contribution is 4.75. The molecule has 46 heavy (non-hydrogen) atoms. The lowest BCUT2D eigenvalue weighted by Gasteiger charge is -2.27. The van der Waals surface area contributed by atoms with Crippen molar-refractivity contribution in [3.63, 3.8) is 0 Å². The Hall–Kier alpha value is -0.160. The maximum atomic E-state index is 6.37. The number of hydrogen-bond acceptors (Lipinski definition) is 4. The van der Waals surface area contributed by atoms with Gasteiger partial charge in [0, 0.05) is 26.3 Å². The molecule has 0 fully saturated rings. The number of rotatable bonds is 41. The van der Waals surface area contributed by atoms with Crippen molar-refractivity contribution < 1.29 is 9.47 Å². The molecule has 0 aromatic rings. The van der Waals surface area contributed by atoms with Crippen LogP contribution in [0.25, 0.3) is 0 Å². The van der Waals surface area contributed by atoms with Crippen LogP contribution in [0.15, 0.2) is 0 Å². The third-order valence-electron chi connectivity index (χ3n) is 9.88. The first-order valence-corrected chi connectivity index (χ1v) is 21.3. The van der Waals surface area contributed by atoms with Gasteiger partial charge in [-0.2, -0.15) is 0 Å². The molecule has 0 radical (unpaired) electrons. The summed E-state index contributed by atoms with van der Waals surface area (Å²) in [5, 5.41) is 6.68. The zero-order valence-corrected chi connectivity index (χ0v) is 32.4. The normalized spacial score (nSPS) is 13.0. The van der Waals surface area contributed by atoms with Gasteiger partial charge < -0.3 is 20.1 Å². The largest absolute Gasteiger partial charge is 0.374 e. The molecule has 0 aliphatic carbocycles. The van der Waals surface area contributed by atoms with Gasteiger partial charge in [-0.25, -0.2) is 0 Å². The quantitative estimate of drug-likeness (QED) is 0.0645. The molecule has 0 amide bonds. The average molecular weight is 653 g/mol. The van der Waals surface area contributed by atoms with E-state index < -0.39 is 0 Å². The third kappa shape index (κ3) is 35.2. The number of unbranched alkanes of at least 4 members (excludes halogenated alkanes) is 30. The maximum absolute atomic E-state index is 6.37. The molecule has 2 N–H and O–H groups in total. The summed E-state index contributed by atoms with van der Waals surface area (Å²) < 4.78 is 12.7. The van der Waals surface area contributed by atoms with Gasteiger partial charge >= 0.3 is 0 Å². The zero-order chi connectivity index (χ0) is 33.4. The smallest absolute Gasteiger partial charge is 0.0972 e. The molecular weight excluding hydrogens is 564 g/mol. The van der Waals surface area contributed by atoms with Crippen LogP contribution in [0.3, 0.4) is 0 Å². The van der Waals surface area contributed by atoms with E-state index in [-0.39, 0.29) is 12.2 Å². The van der Waals surface area contributed by atoms with Crippen molar-refractivity contribution in [1.82, 2.24) is 10.6 Å². The van der Waals surface area contributed by atoms with Crippen LogP contribution in [0.5, 0.6) is 0 Å². The van der Waals surface area contributed by atoms with Crippen LogP contribution in [-0.4, -0.2) is 52.6 Å². The highest BCUT2D eigenvalue weighted by atomic mass is 16.5. The summed E-state index contributed by atoms with van der Waals surface area (Å²) in [4.78, 5) is 0. The van der Waals surface area contributed by atoms with Crippen molar-refractivity contribution >= 4 is 0 Å². The number of nitrogens with one attached hydrogen (secondary N) is 2. The average Bonchev–Trinajstić information content (AvgIpc) is 3.06. The van der Waals surface area contributed by atoms with Gasteiger partial charge in [0.2, 0.25) is 0 Å². The molecule has 2 atom stereocenters. The number of hydrogen-bond donors (Lipinski definition) is 2. The predicted octanol–water partition coefficient (Wildman–Crippen LogP) is 12.7. The van der Waals surface area contributed by atoms with E-state index in [1.807, 2.05) is 14.1 Å². The topological polar surface area (TPSA) is 42.5 Å². The maximum Gasteiger partial charge on any atom is 0.0972 e. The highest BCUT2D eigenvalue weighted by Crippen LogP contribution is 2.16. The monoisotopic (exact) mass is 653 g/mol. The SMILES string of the molecule is CCCCCCCCCCCCCCCCCCOC(CNC)C(CNC)OCCCCCCCCCCCCCCCCCC. The molecule has 4 heteroatoms. The Balaban J connectivity index is 3.68. The molecule has 0 aromatic heterocycles. The fourth-order valence-corrected chi connectivity index (χ4v) is 6.77. The second-order valence-electron chi connectivity index (χ2n) is 14.5. The van der Waals surface area contributed by atoms with E-state index in [9.17, 15) is 0 Å². The molecule has 4 nitrogen and oxygen atoms in total. The molecule has 0 bridgehead atoms. The van der Waals surface area contributed by atoms with Gasteiger partial charge in [-0.05, 0) is 26.9 Å². The first-order valence-electron chi connectivity index (χ1n) is 21.3. The Morgan fingerprint density at radius 3 is 0.696 bits per heavy atom. The summed E-state index contributed by atoms with van der Waals surface area (Å²) in [7, 11) is 4.05. The summed E-state index contributed by atoms with van der Waals surface area (Å²) in [6.07, 6.45) is 45.2. The van der Waals surface area contributed by atoms with E-state index in [0.29, 0.717) is 0 Å². The highest BCUT2D eigenvalue weighted by Gasteiger charge is 2.21. The van der Waals surface area contributed by atoms with Crippen LogP contribution in [-0.2, 0) is 9.47 Å². The fraction of sp³-hybridized carbons (Fsp3) is 1.00. The molecule has 0 aliphatic heterocycles. The van der Waals surface area contributed by atoms with Crippen molar-refractivity contribution in [1.29, 1.82) is 0 Å². The van der Waals surface area contributed by atoms with Crippen LogP contribution >= 0.6 is 0 Å². The van der Waals surface area contributed by atoms with Gasteiger partial charge in [0.15, 0.2) is 0 Å². The first kappa shape index (κ1) is 45.8. The van der Waals surface area contributed by atoms with Crippen molar-refractivity contribution in [2.45, 2.75) is 232 Å². The Bertz CT molecular complexity index is 486. The Morgan fingerprint density at radius 2 is 0.500 bits per heavy atom. The minimum Gasteiger partial charge on any atom is -0.374 e. The third-order valence-corrected chi connectivity index (χ3v) is 9.88. The molecule has 278 valence electrons. The standard InChI is InChI=1S/C42H88N2O2/c1-5-7-9-11-13-15-17-19-21-23-25-27-29-31-33-35-37-45-41(39-43-3)42(40-44-4)46-38-36-34-32-30-28-26-24-22-20-18-16-14-12-10-8-6-2/h41-44H,5-40H2,1-4H3. The molecule has 0 spiro atoms. The number of likely N-dealkylation sites (N-methyl/N-ethyl adjacent to an activating group) is 2. The second kappa shape index (κ2) is 41.0. The molecule has 0 aliphatic rings. The minimum atomic E-state index is 0.120. The lowest BCUT2D eigenvalue weighted by molar-refractivity contribution is -0.0711. The van der Waals surface area contributed by atoms with Gasteiger partial charge in [-0.15, -0.1) is 0 Å². The van der Waals surface area contributed by atoms with E-state index in [1.54, 1.807) is 0 Å². The van der Waals surface area contributed by atoms with Crippen molar-refractivity contribution in [3.8, 4) is 0 Å². The molecule has 0 heterocycles. The fourth-order valence-electron chi connectivity index (χ4n) is 6.77. The van der Waals surface area contributed by atoms with Crippen LogP contribution in [0, 0.1) is 0 Å². The van der Waals surface area contributed by atoms with Gasteiger partial charge in [0.25, 0.3) is 0 Å². The van der Waals surface area contributed by atoms with Crippen LogP contribution < -0.4 is 10.6 Å². The Kier molecular flexibility index (Phi) is 40.9. The van der Waals surface area contributed by atoms with Gasteiger partial charge in [-0.1, -0.05) is 206 Å². The number of ether oxygens (including phenoxy) is 2. The Morgan fingerprint density at radius 1 is 0.304 bits per heavy atom. The molecule has 2 unspecified atom stereocenters. The summed E-state index contributed by atoms with van der Waals surface area (Å²) in [6, 6.07) is 0. The summed E-state index contributed by atoms with van der Waals surface area (Å²) >= 11 is 0. The first-order chi connectivity index (χ1) is 22.8. The summed E-state index contributed by atoms with van der Waals surface area (Å²) in [6.45, 7) is 8.01. The Labute approximate surface area is 291 Å². The zero-order valence-electron chi connectivity index (χ0n) is 32.4. The molecule has 0 rings (SSSR count). The second-order valence-corrected chi connectivity index (χ2v) is 14.5. The van der Waals surface area contributed by atoms with Crippen LogP contribution in [0.1, 0.15) is 219 Å². The van der Waals surface area contributed by atoms with E-state index >= 15 is 0 Å². The van der Waals surface area contributed by atoms with E-state index in [1.165, 1.54) is 205 Å². The molecular formula is C42H88N2O2. The van der Waals surface area contributed by atoms with E-state index in [2.05, 4.69) is 24.5 Å². The van der Waals surface area contributed by atoms with Crippen molar-refractivity contribution in [2.24, 2.45) is 0 Å². The van der Waals surface area contributed by atoms with Gasteiger partial charge in [0.1, 0.15) is 0 Å². The van der Waals surface area contributed by atoms with Gasteiger partial charge in [-0.3, -0.25) is 0 Å². The lowest BCUT2D eigenvalue weighted by atomic mass is 10.0. The minimum absolute atomic E-state index is 0.120. The van der Waals surface area contributed by atoms with E-state index in [0.717, 1.165) is 26.3 Å². The predicted molar refractivity (Wildman–Crippen MR) is 206 cm³/mol. The lowest BCUT2D eigenvalue weighted by Crippen LogP contribution is -2.44. The van der Waals surface area contributed by atoms with Crippen LogP contribution in [0.4, 0.5) is 0 Å². The summed E-state index contributed by atoms with van der Waals surface area (Å²) in [5.41, 5.74) is 0.